The minimum absolute atomic E-state index is 0.0741. The Morgan fingerprint density at radius 1 is 1.30 bits per heavy atom. The maximum absolute atomic E-state index is 8.78. The van der Waals surface area contributed by atoms with Gasteiger partial charge in [0, 0.05) is 24.4 Å². The monoisotopic (exact) mass is 267 g/mol. The molecular formula is C17H17NO2. The minimum atomic E-state index is 0.0741. The Kier molecular flexibility index (Phi) is 5.16. The predicted octanol–water partition coefficient (Wildman–Crippen LogP) is 2.70. The summed E-state index contributed by atoms with van der Waals surface area (Å²) in [5.74, 6) is 6.72. The van der Waals surface area contributed by atoms with Crippen molar-refractivity contribution in [2.45, 2.75) is 20.0 Å². The van der Waals surface area contributed by atoms with Crippen molar-refractivity contribution in [3.63, 3.8) is 0 Å². The van der Waals surface area contributed by atoms with E-state index in [0.29, 0.717) is 13.0 Å². The number of aryl methyl sites for hydroxylation is 1. The lowest BCUT2D eigenvalue weighted by Crippen LogP contribution is -1.98. The first-order valence-corrected chi connectivity index (χ1v) is 6.51. The molecule has 2 rings (SSSR count). The van der Waals surface area contributed by atoms with Gasteiger partial charge >= 0.3 is 0 Å². The van der Waals surface area contributed by atoms with Crippen LogP contribution in [-0.4, -0.2) is 16.7 Å². The minimum Gasteiger partial charge on any atom is -0.488 e. The van der Waals surface area contributed by atoms with Gasteiger partial charge < -0.3 is 9.84 Å². The first kappa shape index (κ1) is 14.1. The van der Waals surface area contributed by atoms with Crippen molar-refractivity contribution in [1.29, 1.82) is 0 Å². The Labute approximate surface area is 119 Å². The maximum atomic E-state index is 8.78. The van der Waals surface area contributed by atoms with Gasteiger partial charge in [-0.1, -0.05) is 24.0 Å². The number of rotatable bonds is 4. The van der Waals surface area contributed by atoms with Gasteiger partial charge in [-0.3, -0.25) is 4.98 Å². The lowest BCUT2D eigenvalue weighted by molar-refractivity contribution is 0.304. The molecule has 1 N–H and O–H groups in total. The fraction of sp³-hybridized carbons (Fsp3) is 0.235. The molecule has 0 bridgehead atoms. The van der Waals surface area contributed by atoms with Crippen LogP contribution < -0.4 is 4.74 Å². The van der Waals surface area contributed by atoms with Crippen LogP contribution in [0.5, 0.6) is 5.75 Å². The largest absolute Gasteiger partial charge is 0.488 e. The van der Waals surface area contributed by atoms with Crippen molar-refractivity contribution in [1.82, 2.24) is 4.98 Å². The summed E-state index contributed by atoms with van der Waals surface area (Å²) in [7, 11) is 0. The van der Waals surface area contributed by atoms with Crippen molar-refractivity contribution in [3.8, 4) is 17.6 Å². The van der Waals surface area contributed by atoms with E-state index in [2.05, 4.69) is 16.8 Å². The Hall–Kier alpha value is -2.31. The molecule has 102 valence electrons. The molecule has 3 nitrogen and oxygen atoms in total. The molecule has 0 spiro atoms. The topological polar surface area (TPSA) is 42.4 Å². The van der Waals surface area contributed by atoms with Gasteiger partial charge in [0.2, 0.25) is 0 Å². The van der Waals surface area contributed by atoms with Crippen LogP contribution in [0.4, 0.5) is 0 Å². The highest BCUT2D eigenvalue weighted by atomic mass is 16.5. The highest BCUT2D eigenvalue weighted by molar-refractivity contribution is 5.48. The predicted molar refractivity (Wildman–Crippen MR) is 78.3 cm³/mol. The summed E-state index contributed by atoms with van der Waals surface area (Å²) in [4.78, 5) is 4.06. The third kappa shape index (κ3) is 4.11. The Morgan fingerprint density at radius 3 is 2.95 bits per heavy atom. The third-order valence-corrected chi connectivity index (χ3v) is 2.71. The number of aromatic nitrogens is 1. The van der Waals surface area contributed by atoms with E-state index in [0.717, 1.165) is 22.4 Å². The number of aliphatic hydroxyl groups is 1. The smallest absolute Gasteiger partial charge is 0.135 e. The zero-order valence-corrected chi connectivity index (χ0v) is 11.5. The molecule has 1 heterocycles. The van der Waals surface area contributed by atoms with Crippen LogP contribution in [0.3, 0.4) is 0 Å². The van der Waals surface area contributed by atoms with E-state index < -0.39 is 0 Å². The molecule has 0 aliphatic heterocycles. The molecule has 0 radical (unpaired) electrons. The summed E-state index contributed by atoms with van der Waals surface area (Å²) in [5.41, 5.74) is 3.00. The first-order valence-electron chi connectivity index (χ1n) is 6.51. The normalized spacial score (nSPS) is 9.70. The van der Waals surface area contributed by atoms with Crippen molar-refractivity contribution < 1.29 is 9.84 Å². The number of hydrogen-bond acceptors (Lipinski definition) is 3. The molecule has 0 amide bonds. The standard InChI is InChI=1S/C17H17NO2/c1-14-7-8-17(16(11-14)6-2-3-10-19)20-13-15-5-4-9-18-12-15/h4-5,7-9,11-12,19H,3,10,13H2,1H3. The fourth-order valence-electron chi connectivity index (χ4n) is 1.73. The molecule has 0 saturated heterocycles. The van der Waals surface area contributed by atoms with Gasteiger partial charge in [0.25, 0.3) is 0 Å². The summed E-state index contributed by atoms with van der Waals surface area (Å²) in [6.07, 6.45) is 3.99. The van der Waals surface area contributed by atoms with Gasteiger partial charge in [0.05, 0.1) is 12.2 Å². The van der Waals surface area contributed by atoms with Crippen LogP contribution in [0, 0.1) is 18.8 Å². The summed E-state index contributed by atoms with van der Waals surface area (Å²) in [6.45, 7) is 2.55. The maximum Gasteiger partial charge on any atom is 0.135 e. The Bertz CT molecular complexity index is 612. The quantitative estimate of drug-likeness (QED) is 0.866. The average Bonchev–Trinajstić information content (AvgIpc) is 2.48. The average molecular weight is 267 g/mol. The lowest BCUT2D eigenvalue weighted by atomic mass is 10.1. The van der Waals surface area contributed by atoms with E-state index in [1.807, 2.05) is 37.3 Å². The van der Waals surface area contributed by atoms with E-state index >= 15 is 0 Å². The number of ether oxygens (including phenoxy) is 1. The number of nitrogens with zero attached hydrogens (tertiary/aromatic N) is 1. The van der Waals surface area contributed by atoms with Crippen LogP contribution in [0.2, 0.25) is 0 Å². The van der Waals surface area contributed by atoms with Gasteiger partial charge in [0.15, 0.2) is 0 Å². The molecule has 1 aromatic carbocycles. The number of aliphatic hydroxyl groups excluding tert-OH is 1. The summed E-state index contributed by atoms with van der Waals surface area (Å²) >= 11 is 0. The first-order chi connectivity index (χ1) is 9.79. The van der Waals surface area contributed by atoms with Crippen LogP contribution in [-0.2, 0) is 6.61 Å². The molecule has 2 aromatic rings. The Morgan fingerprint density at radius 2 is 2.20 bits per heavy atom. The lowest BCUT2D eigenvalue weighted by Gasteiger charge is -2.09. The molecule has 0 saturated carbocycles. The second-order valence-electron chi connectivity index (χ2n) is 4.42. The number of pyridine rings is 1. The van der Waals surface area contributed by atoms with Crippen LogP contribution in [0.25, 0.3) is 0 Å². The van der Waals surface area contributed by atoms with Crippen molar-refractivity contribution >= 4 is 0 Å². The number of benzene rings is 1. The van der Waals surface area contributed by atoms with E-state index in [1.54, 1.807) is 12.4 Å². The van der Waals surface area contributed by atoms with Gasteiger partial charge in [-0.05, 0) is 30.7 Å². The van der Waals surface area contributed by atoms with Crippen molar-refractivity contribution in [2.24, 2.45) is 0 Å². The third-order valence-electron chi connectivity index (χ3n) is 2.71. The highest BCUT2D eigenvalue weighted by Crippen LogP contribution is 2.20. The van der Waals surface area contributed by atoms with Gasteiger partial charge in [-0.2, -0.15) is 0 Å². The number of hydrogen-bond donors (Lipinski definition) is 1. The summed E-state index contributed by atoms with van der Waals surface area (Å²) < 4.78 is 5.80. The molecular weight excluding hydrogens is 250 g/mol. The van der Waals surface area contributed by atoms with Crippen molar-refractivity contribution in [3.05, 3.63) is 59.4 Å². The van der Waals surface area contributed by atoms with E-state index in [-0.39, 0.29) is 6.61 Å². The highest BCUT2D eigenvalue weighted by Gasteiger charge is 2.02. The van der Waals surface area contributed by atoms with Crippen LogP contribution >= 0.6 is 0 Å². The van der Waals surface area contributed by atoms with Crippen LogP contribution in [0.15, 0.2) is 42.7 Å². The second-order valence-corrected chi connectivity index (χ2v) is 4.42. The SMILES string of the molecule is Cc1ccc(OCc2cccnc2)c(C#CCCO)c1. The molecule has 0 aliphatic rings. The molecule has 0 aliphatic carbocycles. The van der Waals surface area contributed by atoms with E-state index in [4.69, 9.17) is 9.84 Å². The second kappa shape index (κ2) is 7.32. The molecule has 3 heteroatoms. The molecule has 0 atom stereocenters. The van der Waals surface area contributed by atoms with E-state index in [9.17, 15) is 0 Å². The van der Waals surface area contributed by atoms with Crippen molar-refractivity contribution in [2.75, 3.05) is 6.61 Å². The summed E-state index contributed by atoms with van der Waals surface area (Å²) in [6, 6.07) is 9.77. The van der Waals surface area contributed by atoms with Gasteiger partial charge in [-0.25, -0.2) is 0 Å². The van der Waals surface area contributed by atoms with Crippen LogP contribution in [0.1, 0.15) is 23.1 Å². The summed E-state index contributed by atoms with van der Waals surface area (Å²) in [5, 5.41) is 8.78. The molecule has 20 heavy (non-hydrogen) atoms. The fourth-order valence-corrected chi connectivity index (χ4v) is 1.73. The zero-order valence-electron chi connectivity index (χ0n) is 11.5. The zero-order chi connectivity index (χ0) is 14.2. The Balaban J connectivity index is 2.13. The van der Waals surface area contributed by atoms with Gasteiger partial charge in [0.1, 0.15) is 12.4 Å². The molecule has 0 unspecified atom stereocenters. The molecule has 1 aromatic heterocycles. The molecule has 0 fully saturated rings. The van der Waals surface area contributed by atoms with Gasteiger partial charge in [-0.15, -0.1) is 0 Å². The van der Waals surface area contributed by atoms with E-state index in [1.165, 1.54) is 0 Å².